The van der Waals surface area contributed by atoms with Gasteiger partial charge in [0.1, 0.15) is 15.7 Å². The minimum Gasteiger partial charge on any atom is -0.356 e. The number of thiophene rings is 1. The van der Waals surface area contributed by atoms with Crippen molar-refractivity contribution in [3.63, 3.8) is 0 Å². The van der Waals surface area contributed by atoms with Crippen LogP contribution in [0.5, 0.6) is 0 Å². The van der Waals surface area contributed by atoms with E-state index in [9.17, 15) is 18.0 Å². The Balaban J connectivity index is 1.81. The van der Waals surface area contributed by atoms with Gasteiger partial charge in [-0.25, -0.2) is 13.4 Å². The molecule has 7 nitrogen and oxygen atoms in total. The molecule has 3 aromatic rings. The quantitative estimate of drug-likeness (QED) is 0.186. The molecule has 1 aromatic carbocycles. The molecule has 2 aromatic heterocycles. The van der Waals surface area contributed by atoms with E-state index < -0.39 is 15.8 Å². The van der Waals surface area contributed by atoms with Gasteiger partial charge in [-0.1, -0.05) is 33.8 Å². The van der Waals surface area contributed by atoms with Crippen LogP contribution in [0, 0.1) is 11.8 Å². The zero-order valence-corrected chi connectivity index (χ0v) is 24.8. The van der Waals surface area contributed by atoms with Crippen LogP contribution in [-0.4, -0.2) is 48.2 Å². The molecule has 0 saturated carbocycles. The number of rotatable bonds is 15. The number of nitrogens with zero attached hydrogens (tertiary/aromatic N) is 2. The Labute approximate surface area is 231 Å². The van der Waals surface area contributed by atoms with Gasteiger partial charge >= 0.3 is 0 Å². The first-order valence-electron chi connectivity index (χ1n) is 13.5. The van der Waals surface area contributed by atoms with E-state index in [-0.39, 0.29) is 36.3 Å². The van der Waals surface area contributed by atoms with Gasteiger partial charge in [-0.05, 0) is 61.2 Å². The molecule has 38 heavy (non-hydrogen) atoms. The van der Waals surface area contributed by atoms with Crippen LogP contribution < -0.4 is 5.32 Å². The Bertz CT molecular complexity index is 1320. The van der Waals surface area contributed by atoms with Gasteiger partial charge in [-0.2, -0.15) is 0 Å². The third-order valence-electron chi connectivity index (χ3n) is 6.85. The molecule has 1 atom stereocenters. The summed E-state index contributed by atoms with van der Waals surface area (Å²) in [5.74, 6) is 0.532. The van der Waals surface area contributed by atoms with Crippen LogP contribution in [0.1, 0.15) is 86.9 Å². The zero-order valence-electron chi connectivity index (χ0n) is 23.2. The smallest absolute Gasteiger partial charge is 0.223 e. The van der Waals surface area contributed by atoms with Crippen LogP contribution >= 0.6 is 11.3 Å². The molecule has 0 aliphatic rings. The third kappa shape index (κ3) is 8.24. The van der Waals surface area contributed by atoms with Gasteiger partial charge in [0.15, 0.2) is 5.78 Å². The molecule has 0 bridgehead atoms. The molecular formula is C29H41N3O4S2. The molecule has 9 heteroatoms. The Morgan fingerprint density at radius 3 is 2.47 bits per heavy atom. The minimum atomic E-state index is -3.07. The Kier molecular flexibility index (Phi) is 10.7. The fraction of sp³-hybridized carbons (Fsp3) is 0.552. The number of hydrogen-bond donors (Lipinski definition) is 1. The lowest BCUT2D eigenvalue weighted by Crippen LogP contribution is -2.34. The molecule has 3 rings (SSSR count). The van der Waals surface area contributed by atoms with Gasteiger partial charge in [-0.3, -0.25) is 9.59 Å². The molecule has 0 aliphatic heterocycles. The maximum Gasteiger partial charge on any atom is 0.223 e. The van der Waals surface area contributed by atoms with E-state index >= 15 is 0 Å². The van der Waals surface area contributed by atoms with Crippen molar-refractivity contribution in [2.45, 2.75) is 72.3 Å². The number of ketones is 1. The van der Waals surface area contributed by atoms with Crippen molar-refractivity contribution in [2.24, 2.45) is 11.8 Å². The standard InChI is InChI=1S/C29H41N3O4S2/c1-6-23(7-2)32-26-12-11-21(17-25(26)31-28(32)19-24-10-8-14-37-24)27(33)18-22(16-20(3)4)29(34)30-13-9-15-38(5,35)36/h8,10-12,14,17,20,22-23H,6-7,9,13,15-16,18-19H2,1-5H3,(H,30,34)/t22-/m1/s1. The van der Waals surface area contributed by atoms with E-state index in [1.54, 1.807) is 11.3 Å². The van der Waals surface area contributed by atoms with Crippen LogP contribution in [0.15, 0.2) is 35.7 Å². The van der Waals surface area contributed by atoms with Crippen LogP contribution in [0.4, 0.5) is 0 Å². The SMILES string of the molecule is CCC(CC)n1c(Cc2cccs2)nc2cc(C(=O)C[C@@H](CC(C)C)C(=O)NCCCS(C)(=O)=O)ccc21. The first-order valence-corrected chi connectivity index (χ1v) is 16.5. The first kappa shape index (κ1) is 30.0. The topological polar surface area (TPSA) is 98.1 Å². The summed E-state index contributed by atoms with van der Waals surface area (Å²) in [6.45, 7) is 8.71. The molecule has 0 fully saturated rings. The highest BCUT2D eigenvalue weighted by Crippen LogP contribution is 2.29. The van der Waals surface area contributed by atoms with Crippen molar-refractivity contribution in [3.8, 4) is 0 Å². The number of carbonyl (C=O) groups excluding carboxylic acids is 2. The molecule has 0 saturated heterocycles. The van der Waals surface area contributed by atoms with Crippen LogP contribution in [0.25, 0.3) is 11.0 Å². The summed E-state index contributed by atoms with van der Waals surface area (Å²) in [5.41, 5.74) is 2.40. The number of aromatic nitrogens is 2. The molecule has 0 aliphatic carbocycles. The van der Waals surface area contributed by atoms with E-state index in [4.69, 9.17) is 4.98 Å². The van der Waals surface area contributed by atoms with E-state index in [1.165, 1.54) is 11.1 Å². The van der Waals surface area contributed by atoms with E-state index in [2.05, 4.69) is 41.2 Å². The van der Waals surface area contributed by atoms with Crippen molar-refractivity contribution >= 4 is 43.9 Å². The number of hydrogen-bond acceptors (Lipinski definition) is 6. The number of nitrogens with one attached hydrogen (secondary N) is 1. The number of sulfone groups is 1. The summed E-state index contributed by atoms with van der Waals surface area (Å²) in [7, 11) is -3.07. The second-order valence-corrected chi connectivity index (χ2v) is 13.8. The van der Waals surface area contributed by atoms with E-state index in [0.717, 1.165) is 36.1 Å². The lowest BCUT2D eigenvalue weighted by atomic mass is 9.89. The third-order valence-corrected chi connectivity index (χ3v) is 8.76. The molecule has 208 valence electrons. The average molecular weight is 560 g/mol. The van der Waals surface area contributed by atoms with Gasteiger partial charge in [-0.15, -0.1) is 11.3 Å². The van der Waals surface area contributed by atoms with E-state index in [1.807, 2.05) is 32.0 Å². The number of imidazole rings is 1. The molecule has 0 radical (unpaired) electrons. The number of amides is 1. The highest BCUT2D eigenvalue weighted by atomic mass is 32.2. The Hall–Kier alpha value is -2.52. The van der Waals surface area contributed by atoms with Crippen LogP contribution in [0.2, 0.25) is 0 Å². The molecular weight excluding hydrogens is 518 g/mol. The predicted octanol–water partition coefficient (Wildman–Crippen LogP) is 5.84. The fourth-order valence-corrected chi connectivity index (χ4v) is 6.33. The summed E-state index contributed by atoms with van der Waals surface area (Å²) in [6.07, 6.45) is 4.98. The van der Waals surface area contributed by atoms with Gasteiger partial charge in [0.05, 0.1) is 16.8 Å². The largest absolute Gasteiger partial charge is 0.356 e. The summed E-state index contributed by atoms with van der Waals surface area (Å²) in [4.78, 5) is 32.5. The number of benzene rings is 1. The summed E-state index contributed by atoms with van der Waals surface area (Å²) in [5, 5.41) is 4.91. The van der Waals surface area contributed by atoms with Gasteiger partial charge < -0.3 is 9.88 Å². The van der Waals surface area contributed by atoms with Crippen molar-refractivity contribution in [1.29, 1.82) is 0 Å². The fourth-order valence-electron chi connectivity index (χ4n) is 4.96. The number of carbonyl (C=O) groups is 2. The number of fused-ring (bicyclic) bond motifs is 1. The van der Waals surface area contributed by atoms with E-state index in [0.29, 0.717) is 24.4 Å². The molecule has 1 N–H and O–H groups in total. The second kappa shape index (κ2) is 13.5. The van der Waals surface area contributed by atoms with Crippen LogP contribution in [-0.2, 0) is 21.1 Å². The summed E-state index contributed by atoms with van der Waals surface area (Å²) >= 11 is 1.72. The molecule has 0 spiro atoms. The average Bonchev–Trinajstić information content (AvgIpc) is 3.49. The molecule has 1 amide bonds. The lowest BCUT2D eigenvalue weighted by molar-refractivity contribution is -0.125. The molecule has 0 unspecified atom stereocenters. The highest BCUT2D eigenvalue weighted by molar-refractivity contribution is 7.90. The van der Waals surface area contributed by atoms with Gasteiger partial charge in [0.2, 0.25) is 5.91 Å². The lowest BCUT2D eigenvalue weighted by Gasteiger charge is -2.19. The van der Waals surface area contributed by atoms with Crippen molar-refractivity contribution < 1.29 is 18.0 Å². The van der Waals surface area contributed by atoms with Crippen LogP contribution in [0.3, 0.4) is 0 Å². The summed E-state index contributed by atoms with van der Waals surface area (Å²) < 4.78 is 25.0. The Morgan fingerprint density at radius 1 is 1.13 bits per heavy atom. The Morgan fingerprint density at radius 2 is 1.87 bits per heavy atom. The summed E-state index contributed by atoms with van der Waals surface area (Å²) in [6, 6.07) is 10.2. The normalized spacial score (nSPS) is 12.9. The van der Waals surface area contributed by atoms with Crippen molar-refractivity contribution in [1.82, 2.24) is 14.9 Å². The van der Waals surface area contributed by atoms with Gasteiger partial charge in [0.25, 0.3) is 0 Å². The van der Waals surface area contributed by atoms with Crippen molar-refractivity contribution in [2.75, 3.05) is 18.6 Å². The van der Waals surface area contributed by atoms with Crippen molar-refractivity contribution in [3.05, 3.63) is 52.0 Å². The maximum atomic E-state index is 13.3. The maximum absolute atomic E-state index is 13.3. The van der Waals surface area contributed by atoms with Gasteiger partial charge in [0, 0.05) is 48.0 Å². The predicted molar refractivity (Wildman–Crippen MR) is 156 cm³/mol. The zero-order chi connectivity index (χ0) is 27.9. The monoisotopic (exact) mass is 559 g/mol. The number of Topliss-reactive ketones (excluding diaryl/α,β-unsaturated/α-hetero) is 1. The minimum absolute atomic E-state index is 0.0269. The highest BCUT2D eigenvalue weighted by Gasteiger charge is 2.25. The second-order valence-electron chi connectivity index (χ2n) is 10.6. The molecule has 2 heterocycles. The first-order chi connectivity index (χ1) is 18.0.